The number of esters is 1. The van der Waals surface area contributed by atoms with E-state index in [1.54, 1.807) is 5.38 Å². The number of nitrogens with zero attached hydrogens (tertiary/aromatic N) is 1. The fraction of sp³-hybridized carbons (Fsp3) is 0.190. The Balaban J connectivity index is 1.42. The number of carbonyl (C=O) groups excluding carboxylic acids is 2. The number of aromatic nitrogens is 1. The van der Waals surface area contributed by atoms with Crippen molar-refractivity contribution in [1.82, 2.24) is 10.3 Å². The molecule has 6 nitrogen and oxygen atoms in total. The van der Waals surface area contributed by atoms with Crippen molar-refractivity contribution in [2.75, 3.05) is 6.54 Å². The van der Waals surface area contributed by atoms with Crippen LogP contribution in [0.25, 0.3) is 0 Å². The summed E-state index contributed by atoms with van der Waals surface area (Å²) in [4.78, 5) is 28.1. The largest absolute Gasteiger partial charge is 0.486 e. The normalized spacial score (nSPS) is 10.3. The first-order valence-electron chi connectivity index (χ1n) is 8.72. The summed E-state index contributed by atoms with van der Waals surface area (Å²) in [5.74, 6) is -0.183. The zero-order chi connectivity index (χ0) is 19.8. The number of carbonyl (C=O) groups is 2. The van der Waals surface area contributed by atoms with Gasteiger partial charge in [0.25, 0.3) is 5.91 Å². The van der Waals surface area contributed by atoms with E-state index >= 15 is 0 Å². The van der Waals surface area contributed by atoms with Crippen LogP contribution in [0.4, 0.5) is 0 Å². The molecule has 144 valence electrons. The van der Waals surface area contributed by atoms with Crippen LogP contribution >= 0.6 is 11.3 Å². The highest BCUT2D eigenvalue weighted by atomic mass is 32.1. The second-order valence-electron chi connectivity index (χ2n) is 6.06. The van der Waals surface area contributed by atoms with Crippen molar-refractivity contribution >= 4 is 23.2 Å². The summed E-state index contributed by atoms with van der Waals surface area (Å²) in [5.41, 5.74) is 2.30. The van der Waals surface area contributed by atoms with E-state index in [9.17, 15) is 9.59 Å². The minimum Gasteiger partial charge on any atom is -0.486 e. The van der Waals surface area contributed by atoms with E-state index in [-0.39, 0.29) is 25.5 Å². The number of hydrogen-bond acceptors (Lipinski definition) is 6. The lowest BCUT2D eigenvalue weighted by Gasteiger charge is -2.06. The van der Waals surface area contributed by atoms with Gasteiger partial charge in [-0.2, -0.15) is 0 Å². The second kappa shape index (κ2) is 9.66. The SMILES string of the molecule is Cc1ccc(OCc2nc(C(=O)NCC(=O)OCc3ccccc3)cs2)cc1. The number of rotatable bonds is 8. The molecule has 1 aromatic heterocycles. The molecule has 3 rings (SSSR count). The van der Waals surface area contributed by atoms with Crippen LogP contribution in [0, 0.1) is 6.92 Å². The smallest absolute Gasteiger partial charge is 0.325 e. The summed E-state index contributed by atoms with van der Waals surface area (Å²) in [6.45, 7) is 2.25. The monoisotopic (exact) mass is 396 g/mol. The van der Waals surface area contributed by atoms with E-state index in [1.165, 1.54) is 11.3 Å². The number of hydrogen-bond donors (Lipinski definition) is 1. The fourth-order valence-corrected chi connectivity index (χ4v) is 2.98. The zero-order valence-electron chi connectivity index (χ0n) is 15.4. The summed E-state index contributed by atoms with van der Waals surface area (Å²) < 4.78 is 10.8. The van der Waals surface area contributed by atoms with Crippen LogP contribution in [0.2, 0.25) is 0 Å². The predicted molar refractivity (Wildman–Crippen MR) is 106 cm³/mol. The summed E-state index contributed by atoms with van der Waals surface area (Å²) in [6, 6.07) is 17.1. The fourth-order valence-electron chi connectivity index (χ4n) is 2.29. The Kier molecular flexibility index (Phi) is 6.75. The Hall–Kier alpha value is -3.19. The average Bonchev–Trinajstić information content (AvgIpc) is 3.20. The molecule has 1 heterocycles. The van der Waals surface area contributed by atoms with Crippen LogP contribution in [0.15, 0.2) is 60.0 Å². The number of amides is 1. The van der Waals surface area contributed by atoms with E-state index in [0.29, 0.717) is 5.01 Å². The van der Waals surface area contributed by atoms with Gasteiger partial charge in [0.15, 0.2) is 0 Å². The van der Waals surface area contributed by atoms with Crippen molar-refractivity contribution in [1.29, 1.82) is 0 Å². The van der Waals surface area contributed by atoms with Crippen molar-refractivity contribution in [3.63, 3.8) is 0 Å². The molecule has 7 heteroatoms. The molecule has 1 N–H and O–H groups in total. The third-order valence-corrected chi connectivity index (χ3v) is 4.63. The molecule has 0 fully saturated rings. The highest BCUT2D eigenvalue weighted by molar-refractivity contribution is 7.09. The van der Waals surface area contributed by atoms with E-state index < -0.39 is 11.9 Å². The van der Waals surface area contributed by atoms with Crippen LogP contribution in [-0.2, 0) is 22.7 Å². The number of thiazole rings is 1. The summed E-state index contributed by atoms with van der Waals surface area (Å²) in [6.07, 6.45) is 0. The number of nitrogens with one attached hydrogen (secondary N) is 1. The van der Waals surface area contributed by atoms with Gasteiger partial charge in [0.2, 0.25) is 0 Å². The van der Waals surface area contributed by atoms with E-state index in [2.05, 4.69) is 10.3 Å². The van der Waals surface area contributed by atoms with Crippen molar-refractivity contribution in [2.24, 2.45) is 0 Å². The lowest BCUT2D eigenvalue weighted by molar-refractivity contribution is -0.143. The quantitative estimate of drug-likeness (QED) is 0.590. The van der Waals surface area contributed by atoms with Gasteiger partial charge in [0.05, 0.1) is 0 Å². The average molecular weight is 396 g/mol. The standard InChI is InChI=1S/C21H20N2O4S/c1-15-7-9-17(10-8-15)26-13-19-23-18(14-28-19)21(25)22-11-20(24)27-12-16-5-3-2-4-6-16/h2-10,14H,11-13H2,1H3,(H,22,25). The third kappa shape index (κ3) is 5.92. The van der Waals surface area contributed by atoms with Crippen molar-refractivity contribution < 1.29 is 19.1 Å². The highest BCUT2D eigenvalue weighted by Gasteiger charge is 2.13. The van der Waals surface area contributed by atoms with Crippen molar-refractivity contribution in [2.45, 2.75) is 20.1 Å². The molecular formula is C21H20N2O4S. The molecule has 0 atom stereocenters. The van der Waals surface area contributed by atoms with Crippen LogP contribution in [-0.4, -0.2) is 23.4 Å². The maximum Gasteiger partial charge on any atom is 0.325 e. The minimum atomic E-state index is -0.504. The van der Waals surface area contributed by atoms with Gasteiger partial charge in [0.1, 0.15) is 36.2 Å². The molecule has 3 aromatic rings. The first-order valence-corrected chi connectivity index (χ1v) is 9.60. The van der Waals surface area contributed by atoms with Crippen LogP contribution in [0.1, 0.15) is 26.6 Å². The molecule has 0 aliphatic rings. The van der Waals surface area contributed by atoms with Gasteiger partial charge in [-0.3, -0.25) is 9.59 Å². The maximum absolute atomic E-state index is 12.1. The summed E-state index contributed by atoms with van der Waals surface area (Å²) >= 11 is 1.33. The topological polar surface area (TPSA) is 77.5 Å². The number of ether oxygens (including phenoxy) is 2. The third-order valence-electron chi connectivity index (χ3n) is 3.80. The molecule has 0 aliphatic heterocycles. The molecule has 0 bridgehead atoms. The zero-order valence-corrected chi connectivity index (χ0v) is 16.2. The van der Waals surface area contributed by atoms with E-state index in [4.69, 9.17) is 9.47 Å². The summed E-state index contributed by atoms with van der Waals surface area (Å²) in [5, 5.41) is 4.83. The lowest BCUT2D eigenvalue weighted by atomic mass is 10.2. The van der Waals surface area contributed by atoms with E-state index in [0.717, 1.165) is 16.9 Å². The second-order valence-corrected chi connectivity index (χ2v) is 7.00. The molecule has 0 saturated heterocycles. The van der Waals surface area contributed by atoms with Gasteiger partial charge in [-0.15, -0.1) is 11.3 Å². The van der Waals surface area contributed by atoms with Gasteiger partial charge in [-0.1, -0.05) is 48.0 Å². The molecule has 2 aromatic carbocycles. The van der Waals surface area contributed by atoms with Crippen molar-refractivity contribution in [3.8, 4) is 5.75 Å². The Morgan fingerprint density at radius 1 is 1.04 bits per heavy atom. The first-order chi connectivity index (χ1) is 13.6. The molecule has 0 saturated carbocycles. The molecule has 0 spiro atoms. The van der Waals surface area contributed by atoms with E-state index in [1.807, 2.05) is 61.5 Å². The van der Waals surface area contributed by atoms with Gasteiger partial charge in [-0.25, -0.2) is 4.98 Å². The molecule has 0 aliphatic carbocycles. The Bertz CT molecular complexity index is 923. The predicted octanol–water partition coefficient (Wildman–Crippen LogP) is 3.50. The molecule has 1 amide bonds. The number of aryl methyl sites for hydroxylation is 1. The molecule has 0 radical (unpaired) electrons. The van der Waals surface area contributed by atoms with Gasteiger partial charge in [0, 0.05) is 5.38 Å². The van der Waals surface area contributed by atoms with Gasteiger partial charge >= 0.3 is 5.97 Å². The molecule has 28 heavy (non-hydrogen) atoms. The van der Waals surface area contributed by atoms with Crippen LogP contribution in [0.5, 0.6) is 5.75 Å². The summed E-state index contributed by atoms with van der Waals surface area (Å²) in [7, 11) is 0. The van der Waals surface area contributed by atoms with Gasteiger partial charge in [-0.05, 0) is 24.6 Å². The highest BCUT2D eigenvalue weighted by Crippen LogP contribution is 2.16. The van der Waals surface area contributed by atoms with Crippen molar-refractivity contribution in [3.05, 3.63) is 81.8 Å². The lowest BCUT2D eigenvalue weighted by Crippen LogP contribution is -2.30. The number of benzene rings is 2. The van der Waals surface area contributed by atoms with Crippen LogP contribution < -0.4 is 10.1 Å². The Morgan fingerprint density at radius 2 is 1.79 bits per heavy atom. The minimum absolute atomic E-state index is 0.173. The van der Waals surface area contributed by atoms with Crippen LogP contribution in [0.3, 0.4) is 0 Å². The molecule has 0 unspecified atom stereocenters. The maximum atomic E-state index is 12.1. The Morgan fingerprint density at radius 3 is 2.54 bits per heavy atom. The molecular weight excluding hydrogens is 376 g/mol. The first kappa shape index (κ1) is 19.6. The van der Waals surface area contributed by atoms with Gasteiger partial charge < -0.3 is 14.8 Å². The Labute approximate surface area is 167 Å².